The summed E-state index contributed by atoms with van der Waals surface area (Å²) >= 11 is 0. The van der Waals surface area contributed by atoms with Crippen molar-refractivity contribution in [1.29, 1.82) is 0 Å². The van der Waals surface area contributed by atoms with Crippen molar-refractivity contribution in [3.05, 3.63) is 34.8 Å². The molecule has 1 aromatic carbocycles. The van der Waals surface area contributed by atoms with E-state index in [1.807, 2.05) is 6.07 Å². The molecule has 0 fully saturated rings. The zero-order valence-corrected chi connectivity index (χ0v) is 8.73. The van der Waals surface area contributed by atoms with Gasteiger partial charge in [0, 0.05) is 0 Å². The number of hydrogen-bond acceptors (Lipinski definition) is 3. The first-order valence-corrected chi connectivity index (χ1v) is 4.78. The summed E-state index contributed by atoms with van der Waals surface area (Å²) in [4.78, 5) is 11.5. The normalized spacial score (nSPS) is 12.2. The van der Waals surface area contributed by atoms with E-state index in [0.717, 1.165) is 0 Å². The predicted molar refractivity (Wildman–Crippen MR) is 56.8 cm³/mol. The van der Waals surface area contributed by atoms with Crippen molar-refractivity contribution in [3.63, 3.8) is 0 Å². The topological polar surface area (TPSA) is 55.4 Å². The van der Waals surface area contributed by atoms with E-state index in [1.54, 1.807) is 32.0 Å². The molecule has 4 heteroatoms. The molecule has 2 aromatic rings. The number of para-hydroxylation sites is 2. The Morgan fingerprint density at radius 3 is 2.73 bits per heavy atom. The molecule has 0 radical (unpaired) electrons. The van der Waals surface area contributed by atoms with Crippen molar-refractivity contribution in [2.45, 2.75) is 26.0 Å². The lowest BCUT2D eigenvalue weighted by Gasteiger charge is -2.16. The van der Waals surface area contributed by atoms with Crippen LogP contribution in [0.4, 0.5) is 0 Å². The molecule has 0 amide bonds. The molecule has 0 aliphatic rings. The standard InChI is InChI=1S/C11H13NO3/c1-11(2,14)7-12-8-5-3-4-6-9(8)15-10(12)13/h3-6,14H,7H2,1-2H3. The molecule has 0 saturated heterocycles. The summed E-state index contributed by atoms with van der Waals surface area (Å²) in [6.07, 6.45) is 0. The zero-order chi connectivity index (χ0) is 11.1. The van der Waals surface area contributed by atoms with Crippen LogP contribution in [0, 0.1) is 0 Å². The predicted octanol–water partition coefficient (Wildman–Crippen LogP) is 1.37. The summed E-state index contributed by atoms with van der Waals surface area (Å²) < 4.78 is 6.48. The van der Waals surface area contributed by atoms with Gasteiger partial charge in [0.05, 0.1) is 17.7 Å². The Morgan fingerprint density at radius 2 is 2.07 bits per heavy atom. The largest absolute Gasteiger partial charge is 0.420 e. The van der Waals surface area contributed by atoms with Gasteiger partial charge in [0.25, 0.3) is 0 Å². The van der Waals surface area contributed by atoms with Gasteiger partial charge in [-0.2, -0.15) is 0 Å². The van der Waals surface area contributed by atoms with Crippen molar-refractivity contribution in [1.82, 2.24) is 4.57 Å². The van der Waals surface area contributed by atoms with Gasteiger partial charge in [-0.3, -0.25) is 4.57 Å². The molecule has 80 valence electrons. The van der Waals surface area contributed by atoms with E-state index in [1.165, 1.54) is 4.57 Å². The summed E-state index contributed by atoms with van der Waals surface area (Å²) in [5.41, 5.74) is 0.326. The molecule has 2 rings (SSSR count). The molecular formula is C11H13NO3. The highest BCUT2D eigenvalue weighted by atomic mass is 16.4. The van der Waals surface area contributed by atoms with Crippen molar-refractivity contribution >= 4 is 11.1 Å². The smallest absolute Gasteiger partial charge is 0.408 e. The summed E-state index contributed by atoms with van der Waals surface area (Å²) in [5.74, 6) is -0.432. The van der Waals surface area contributed by atoms with Crippen molar-refractivity contribution in [3.8, 4) is 0 Å². The first kappa shape index (κ1) is 9.98. The zero-order valence-electron chi connectivity index (χ0n) is 8.73. The fourth-order valence-electron chi connectivity index (χ4n) is 1.55. The van der Waals surface area contributed by atoms with Crippen LogP contribution < -0.4 is 5.76 Å². The minimum absolute atomic E-state index is 0.225. The van der Waals surface area contributed by atoms with E-state index in [0.29, 0.717) is 11.1 Å². The molecule has 0 spiro atoms. The average Bonchev–Trinajstić information content (AvgIpc) is 2.41. The van der Waals surface area contributed by atoms with E-state index in [-0.39, 0.29) is 6.54 Å². The Balaban J connectivity index is 2.60. The minimum atomic E-state index is -0.934. The third-order valence-corrected chi connectivity index (χ3v) is 2.12. The molecule has 1 heterocycles. The summed E-state index contributed by atoms with van der Waals surface area (Å²) in [5, 5.41) is 9.67. The SMILES string of the molecule is CC(C)(O)Cn1c(=O)oc2ccccc21. The maximum Gasteiger partial charge on any atom is 0.420 e. The molecule has 4 nitrogen and oxygen atoms in total. The van der Waals surface area contributed by atoms with Gasteiger partial charge in [-0.15, -0.1) is 0 Å². The molecule has 0 aliphatic heterocycles. The Bertz CT molecular complexity index is 530. The molecule has 0 unspecified atom stereocenters. The number of hydrogen-bond donors (Lipinski definition) is 1. The number of aliphatic hydroxyl groups is 1. The lowest BCUT2D eigenvalue weighted by Crippen LogP contribution is -2.30. The summed E-state index contributed by atoms with van der Waals surface area (Å²) in [6, 6.07) is 7.17. The van der Waals surface area contributed by atoms with Crippen LogP contribution in [0.3, 0.4) is 0 Å². The average molecular weight is 207 g/mol. The number of rotatable bonds is 2. The van der Waals surface area contributed by atoms with E-state index >= 15 is 0 Å². The fraction of sp³-hybridized carbons (Fsp3) is 0.364. The molecule has 0 atom stereocenters. The van der Waals surface area contributed by atoms with E-state index in [9.17, 15) is 9.90 Å². The van der Waals surface area contributed by atoms with Crippen LogP contribution in [0.25, 0.3) is 11.1 Å². The third kappa shape index (κ3) is 1.94. The van der Waals surface area contributed by atoms with Crippen LogP contribution in [0.1, 0.15) is 13.8 Å². The number of nitrogens with zero attached hydrogens (tertiary/aromatic N) is 1. The van der Waals surface area contributed by atoms with Crippen LogP contribution in [0.2, 0.25) is 0 Å². The van der Waals surface area contributed by atoms with Crippen molar-refractivity contribution in [2.75, 3.05) is 0 Å². The molecule has 0 bridgehead atoms. The van der Waals surface area contributed by atoms with E-state index in [4.69, 9.17) is 4.42 Å². The van der Waals surface area contributed by atoms with Gasteiger partial charge in [0.2, 0.25) is 0 Å². The minimum Gasteiger partial charge on any atom is -0.408 e. The van der Waals surface area contributed by atoms with Gasteiger partial charge in [-0.25, -0.2) is 4.79 Å². The molecule has 15 heavy (non-hydrogen) atoms. The Kier molecular flexibility index (Phi) is 2.16. The van der Waals surface area contributed by atoms with Crippen LogP contribution in [0.15, 0.2) is 33.5 Å². The van der Waals surface area contributed by atoms with E-state index in [2.05, 4.69) is 0 Å². The Hall–Kier alpha value is -1.55. The highest BCUT2D eigenvalue weighted by Crippen LogP contribution is 2.14. The lowest BCUT2D eigenvalue weighted by atomic mass is 10.1. The van der Waals surface area contributed by atoms with Gasteiger partial charge in [-0.1, -0.05) is 12.1 Å². The molecule has 0 aliphatic carbocycles. The van der Waals surface area contributed by atoms with Crippen LogP contribution in [-0.4, -0.2) is 15.3 Å². The van der Waals surface area contributed by atoms with Gasteiger partial charge < -0.3 is 9.52 Å². The number of oxazole rings is 1. The quantitative estimate of drug-likeness (QED) is 0.809. The number of aromatic nitrogens is 1. The maximum atomic E-state index is 11.5. The second-order valence-corrected chi connectivity index (χ2v) is 4.23. The van der Waals surface area contributed by atoms with Crippen molar-refractivity contribution in [2.24, 2.45) is 0 Å². The molecule has 1 N–H and O–H groups in total. The Labute approximate surface area is 86.8 Å². The van der Waals surface area contributed by atoms with Crippen molar-refractivity contribution < 1.29 is 9.52 Å². The van der Waals surface area contributed by atoms with Crippen LogP contribution in [0.5, 0.6) is 0 Å². The first-order valence-electron chi connectivity index (χ1n) is 4.78. The molecule has 0 saturated carbocycles. The fourth-order valence-corrected chi connectivity index (χ4v) is 1.55. The van der Waals surface area contributed by atoms with Gasteiger partial charge in [0.1, 0.15) is 0 Å². The monoisotopic (exact) mass is 207 g/mol. The first-order chi connectivity index (χ1) is 6.97. The third-order valence-electron chi connectivity index (χ3n) is 2.12. The molecular weight excluding hydrogens is 194 g/mol. The second kappa shape index (κ2) is 3.24. The molecule has 1 aromatic heterocycles. The number of fused-ring (bicyclic) bond motifs is 1. The Morgan fingerprint density at radius 1 is 1.40 bits per heavy atom. The highest BCUT2D eigenvalue weighted by molar-refractivity contribution is 5.72. The number of benzene rings is 1. The highest BCUT2D eigenvalue weighted by Gasteiger charge is 2.18. The second-order valence-electron chi connectivity index (χ2n) is 4.23. The van der Waals surface area contributed by atoms with Crippen LogP contribution in [-0.2, 0) is 6.54 Å². The summed E-state index contributed by atoms with van der Waals surface area (Å²) in [6.45, 7) is 3.53. The lowest BCUT2D eigenvalue weighted by molar-refractivity contribution is 0.0606. The van der Waals surface area contributed by atoms with E-state index < -0.39 is 11.4 Å². The van der Waals surface area contributed by atoms with Gasteiger partial charge in [-0.05, 0) is 26.0 Å². The summed E-state index contributed by atoms with van der Waals surface area (Å²) in [7, 11) is 0. The van der Waals surface area contributed by atoms with Gasteiger partial charge in [0.15, 0.2) is 5.58 Å². The van der Waals surface area contributed by atoms with Gasteiger partial charge >= 0.3 is 5.76 Å². The van der Waals surface area contributed by atoms with Crippen LogP contribution >= 0.6 is 0 Å². The maximum absolute atomic E-state index is 11.5.